The highest BCUT2D eigenvalue weighted by Crippen LogP contribution is 2.31. The first-order valence-corrected chi connectivity index (χ1v) is 6.47. The van der Waals surface area contributed by atoms with Gasteiger partial charge in [0.15, 0.2) is 0 Å². The van der Waals surface area contributed by atoms with Gasteiger partial charge in [0.25, 0.3) is 5.69 Å². The summed E-state index contributed by atoms with van der Waals surface area (Å²) in [6.07, 6.45) is 1.82. The molecule has 19 heavy (non-hydrogen) atoms. The first-order chi connectivity index (χ1) is 9.13. The summed E-state index contributed by atoms with van der Waals surface area (Å²) in [6.45, 7) is 1.94. The number of nitro benzene ring substituents is 1. The zero-order valence-corrected chi connectivity index (χ0v) is 11.0. The molecule has 6 nitrogen and oxygen atoms in total. The van der Waals surface area contributed by atoms with E-state index in [0.717, 1.165) is 37.3 Å². The van der Waals surface area contributed by atoms with E-state index in [-0.39, 0.29) is 17.2 Å². The second-order valence-corrected chi connectivity index (χ2v) is 4.86. The monoisotopic (exact) mass is 265 g/mol. The third-order valence-electron chi connectivity index (χ3n) is 3.59. The van der Waals surface area contributed by atoms with Gasteiger partial charge in [-0.05, 0) is 24.8 Å². The van der Waals surface area contributed by atoms with Crippen LogP contribution in [0.5, 0.6) is 0 Å². The maximum Gasteiger partial charge on any atom is 0.273 e. The van der Waals surface area contributed by atoms with Crippen molar-refractivity contribution in [1.82, 2.24) is 0 Å². The van der Waals surface area contributed by atoms with Crippen LogP contribution >= 0.6 is 0 Å². The largest absolute Gasteiger partial charge is 0.396 e. The Kier molecular flexibility index (Phi) is 4.21. The highest BCUT2D eigenvalue weighted by molar-refractivity contribution is 5.64. The minimum atomic E-state index is -0.369. The average Bonchev–Trinajstić information content (AvgIpc) is 2.87. The van der Waals surface area contributed by atoms with Gasteiger partial charge >= 0.3 is 0 Å². The molecule has 1 atom stereocenters. The number of aliphatic hydroxyl groups is 1. The van der Waals surface area contributed by atoms with Gasteiger partial charge in [-0.15, -0.1) is 0 Å². The molecule has 0 radical (unpaired) electrons. The molecule has 0 bridgehead atoms. The zero-order valence-electron chi connectivity index (χ0n) is 11.0. The van der Waals surface area contributed by atoms with Crippen molar-refractivity contribution in [2.75, 3.05) is 37.0 Å². The first-order valence-electron chi connectivity index (χ1n) is 6.47. The lowest BCUT2D eigenvalue weighted by Crippen LogP contribution is -2.20. The Morgan fingerprint density at radius 1 is 1.53 bits per heavy atom. The summed E-state index contributed by atoms with van der Waals surface area (Å²) in [5, 5.41) is 22.8. The predicted molar refractivity (Wildman–Crippen MR) is 74.7 cm³/mol. The van der Waals surface area contributed by atoms with E-state index in [1.165, 1.54) is 6.07 Å². The highest BCUT2D eigenvalue weighted by atomic mass is 16.6. The molecule has 1 unspecified atom stereocenters. The Bertz CT molecular complexity index is 464. The van der Waals surface area contributed by atoms with Crippen LogP contribution in [0.2, 0.25) is 0 Å². The molecule has 1 aliphatic rings. The SMILES string of the molecule is CNc1cc(N2CCC(CCO)C2)cc([N+](=O)[O-])c1. The summed E-state index contributed by atoms with van der Waals surface area (Å²) >= 11 is 0. The maximum absolute atomic E-state index is 10.9. The maximum atomic E-state index is 10.9. The van der Waals surface area contributed by atoms with Crippen LogP contribution in [0.15, 0.2) is 18.2 Å². The van der Waals surface area contributed by atoms with Crippen molar-refractivity contribution in [1.29, 1.82) is 0 Å². The molecule has 0 aliphatic carbocycles. The Labute approximate surface area is 112 Å². The van der Waals surface area contributed by atoms with Gasteiger partial charge in [0.05, 0.1) is 4.92 Å². The third-order valence-corrected chi connectivity index (χ3v) is 3.59. The van der Waals surface area contributed by atoms with E-state index >= 15 is 0 Å². The van der Waals surface area contributed by atoms with Crippen LogP contribution < -0.4 is 10.2 Å². The molecule has 1 saturated heterocycles. The minimum Gasteiger partial charge on any atom is -0.396 e. The smallest absolute Gasteiger partial charge is 0.273 e. The molecule has 1 aromatic rings. The number of benzene rings is 1. The summed E-state index contributed by atoms with van der Waals surface area (Å²) < 4.78 is 0. The average molecular weight is 265 g/mol. The number of rotatable bonds is 5. The first kappa shape index (κ1) is 13.6. The van der Waals surface area contributed by atoms with Gasteiger partial charge in [-0.3, -0.25) is 10.1 Å². The van der Waals surface area contributed by atoms with Crippen molar-refractivity contribution in [2.45, 2.75) is 12.8 Å². The van der Waals surface area contributed by atoms with Crippen LogP contribution in [0.4, 0.5) is 17.1 Å². The van der Waals surface area contributed by atoms with Gasteiger partial charge in [-0.25, -0.2) is 0 Å². The number of aliphatic hydroxyl groups excluding tert-OH is 1. The van der Waals surface area contributed by atoms with Crippen LogP contribution in [0.1, 0.15) is 12.8 Å². The van der Waals surface area contributed by atoms with Crippen LogP contribution in [0.3, 0.4) is 0 Å². The molecule has 104 valence electrons. The Hall–Kier alpha value is -1.82. The Morgan fingerprint density at radius 2 is 2.32 bits per heavy atom. The number of nitrogens with zero attached hydrogens (tertiary/aromatic N) is 2. The van der Waals surface area contributed by atoms with Crippen molar-refractivity contribution >= 4 is 17.1 Å². The van der Waals surface area contributed by atoms with E-state index in [4.69, 9.17) is 5.11 Å². The van der Waals surface area contributed by atoms with Gasteiger partial charge in [0, 0.05) is 50.3 Å². The fourth-order valence-corrected chi connectivity index (χ4v) is 2.51. The predicted octanol–water partition coefficient (Wildman–Crippen LogP) is 1.85. The fourth-order valence-electron chi connectivity index (χ4n) is 2.51. The van der Waals surface area contributed by atoms with E-state index in [9.17, 15) is 10.1 Å². The minimum absolute atomic E-state index is 0.104. The van der Waals surface area contributed by atoms with Gasteiger partial charge in [0.1, 0.15) is 0 Å². The Morgan fingerprint density at radius 3 is 2.95 bits per heavy atom. The van der Waals surface area contributed by atoms with E-state index in [2.05, 4.69) is 10.2 Å². The third kappa shape index (κ3) is 3.14. The topological polar surface area (TPSA) is 78.6 Å². The molecule has 0 amide bonds. The summed E-state index contributed by atoms with van der Waals surface area (Å²) in [5.74, 6) is 0.474. The summed E-state index contributed by atoms with van der Waals surface area (Å²) in [4.78, 5) is 12.7. The van der Waals surface area contributed by atoms with Crippen molar-refractivity contribution in [3.63, 3.8) is 0 Å². The van der Waals surface area contributed by atoms with Gasteiger partial charge in [-0.2, -0.15) is 0 Å². The van der Waals surface area contributed by atoms with Crippen LogP contribution in [0.25, 0.3) is 0 Å². The second kappa shape index (κ2) is 5.88. The van der Waals surface area contributed by atoms with Gasteiger partial charge in [-0.1, -0.05) is 0 Å². The normalized spacial score (nSPS) is 18.6. The molecule has 0 spiro atoms. The summed E-state index contributed by atoms with van der Waals surface area (Å²) in [6, 6.07) is 5.07. The molecule has 2 rings (SSSR count). The van der Waals surface area contributed by atoms with Crippen LogP contribution in [0, 0.1) is 16.0 Å². The fraction of sp³-hybridized carbons (Fsp3) is 0.538. The molecule has 1 aromatic carbocycles. The number of non-ortho nitro benzene ring substituents is 1. The summed E-state index contributed by atoms with van der Waals surface area (Å²) in [5.41, 5.74) is 1.72. The van der Waals surface area contributed by atoms with Crippen molar-refractivity contribution in [2.24, 2.45) is 5.92 Å². The van der Waals surface area contributed by atoms with Crippen molar-refractivity contribution in [3.05, 3.63) is 28.3 Å². The number of hydrogen-bond donors (Lipinski definition) is 2. The van der Waals surface area contributed by atoms with E-state index in [1.807, 2.05) is 6.07 Å². The van der Waals surface area contributed by atoms with E-state index < -0.39 is 0 Å². The molecule has 1 fully saturated rings. The van der Waals surface area contributed by atoms with Gasteiger partial charge < -0.3 is 15.3 Å². The number of nitro groups is 1. The number of anilines is 2. The standard InChI is InChI=1S/C13H19N3O3/c1-14-11-6-12(8-13(7-11)16(18)19)15-4-2-10(9-15)3-5-17/h6-8,10,14,17H,2-5,9H2,1H3. The van der Waals surface area contributed by atoms with Crippen LogP contribution in [-0.2, 0) is 0 Å². The lowest BCUT2D eigenvalue weighted by Gasteiger charge is -2.19. The zero-order chi connectivity index (χ0) is 13.8. The lowest BCUT2D eigenvalue weighted by atomic mass is 10.1. The number of nitrogens with one attached hydrogen (secondary N) is 1. The molecular weight excluding hydrogens is 246 g/mol. The molecule has 1 aliphatic heterocycles. The van der Waals surface area contributed by atoms with E-state index in [0.29, 0.717) is 5.92 Å². The molecular formula is C13H19N3O3. The van der Waals surface area contributed by atoms with Crippen molar-refractivity contribution < 1.29 is 10.0 Å². The molecule has 2 N–H and O–H groups in total. The van der Waals surface area contributed by atoms with E-state index in [1.54, 1.807) is 13.1 Å². The number of hydrogen-bond acceptors (Lipinski definition) is 5. The Balaban J connectivity index is 2.20. The van der Waals surface area contributed by atoms with Crippen LogP contribution in [-0.4, -0.2) is 36.8 Å². The molecule has 6 heteroatoms. The lowest BCUT2D eigenvalue weighted by molar-refractivity contribution is -0.384. The molecule has 0 aromatic heterocycles. The second-order valence-electron chi connectivity index (χ2n) is 4.86. The van der Waals surface area contributed by atoms with Gasteiger partial charge in [0.2, 0.25) is 0 Å². The quantitative estimate of drug-likeness (QED) is 0.627. The van der Waals surface area contributed by atoms with Crippen molar-refractivity contribution in [3.8, 4) is 0 Å². The molecule has 1 heterocycles. The summed E-state index contributed by atoms with van der Waals surface area (Å²) in [7, 11) is 1.75. The molecule has 0 saturated carbocycles. The highest BCUT2D eigenvalue weighted by Gasteiger charge is 2.23.